The molecule has 116 valence electrons. The number of hydrogen-bond acceptors (Lipinski definition) is 6. The number of benzene rings is 1. The lowest BCUT2D eigenvalue weighted by Gasteiger charge is -2.11. The molecule has 0 fully saturated rings. The molecule has 1 amide bonds. The van der Waals surface area contributed by atoms with Gasteiger partial charge >= 0.3 is 5.97 Å². The molecule has 0 saturated carbocycles. The van der Waals surface area contributed by atoms with E-state index < -0.39 is 17.9 Å². The first-order valence-corrected chi connectivity index (χ1v) is 7.50. The van der Waals surface area contributed by atoms with Crippen molar-refractivity contribution in [1.29, 1.82) is 0 Å². The Morgan fingerprint density at radius 3 is 2.77 bits per heavy atom. The predicted octanol–water partition coefficient (Wildman–Crippen LogP) is 1.87. The molecule has 22 heavy (non-hydrogen) atoms. The molecule has 7 nitrogen and oxygen atoms in total. The number of amides is 1. The van der Waals surface area contributed by atoms with Gasteiger partial charge in [-0.25, -0.2) is 0 Å². The van der Waals surface area contributed by atoms with Gasteiger partial charge in [-0.2, -0.15) is 4.98 Å². The van der Waals surface area contributed by atoms with Gasteiger partial charge in [0.15, 0.2) is 5.82 Å². The summed E-state index contributed by atoms with van der Waals surface area (Å²) in [4.78, 5) is 27.8. The maximum Gasteiger partial charge on any atom is 0.325 e. The molecule has 0 spiro atoms. The molecular weight excluding hydrogens is 306 g/mol. The summed E-state index contributed by atoms with van der Waals surface area (Å²) in [6.07, 6.45) is 0. The summed E-state index contributed by atoms with van der Waals surface area (Å²) < 4.78 is 5.02. The molecule has 8 heteroatoms. The lowest BCUT2D eigenvalue weighted by molar-refractivity contribution is -0.138. The van der Waals surface area contributed by atoms with Gasteiger partial charge in [-0.05, 0) is 26.0 Å². The lowest BCUT2D eigenvalue weighted by atomic mass is 10.2. The Bertz CT molecular complexity index is 686. The van der Waals surface area contributed by atoms with Crippen molar-refractivity contribution in [3.63, 3.8) is 0 Å². The number of carbonyl (C=O) groups is 2. The number of rotatable bonds is 6. The van der Waals surface area contributed by atoms with Crippen LogP contribution in [0, 0.1) is 6.92 Å². The number of nitrogens with zero attached hydrogens (tertiary/aromatic N) is 2. The third-order valence-corrected chi connectivity index (χ3v) is 3.83. The molecular formula is C14H15N3O4S. The zero-order valence-electron chi connectivity index (χ0n) is 12.1. The molecule has 1 heterocycles. The standard InChI is InChI=1S/C14H15N3O4S/c1-8(14(19)20)15-13(18)10-5-3-4-6-11(10)22-7-12-16-9(2)17-21-12/h3-6,8H,7H2,1-2H3,(H,15,18)(H,19,20)/t8-/m0/s1. The number of carbonyl (C=O) groups excluding carboxylic acids is 1. The van der Waals surface area contributed by atoms with E-state index in [-0.39, 0.29) is 0 Å². The van der Waals surface area contributed by atoms with Gasteiger partial charge in [0, 0.05) is 4.90 Å². The minimum Gasteiger partial charge on any atom is -0.480 e. The lowest BCUT2D eigenvalue weighted by Crippen LogP contribution is -2.38. The smallest absolute Gasteiger partial charge is 0.325 e. The number of thioether (sulfide) groups is 1. The highest BCUT2D eigenvalue weighted by Gasteiger charge is 2.18. The summed E-state index contributed by atoms with van der Waals surface area (Å²) in [7, 11) is 0. The number of aliphatic carboxylic acids is 1. The number of carboxylic acids is 1. The van der Waals surface area contributed by atoms with Crippen LogP contribution in [0.25, 0.3) is 0 Å². The number of carboxylic acid groups (broad SMARTS) is 1. The van der Waals surface area contributed by atoms with Crippen molar-refractivity contribution in [2.24, 2.45) is 0 Å². The zero-order valence-corrected chi connectivity index (χ0v) is 12.9. The first kappa shape index (κ1) is 16.0. The molecule has 2 aromatic rings. The van der Waals surface area contributed by atoms with E-state index in [0.717, 1.165) is 0 Å². The van der Waals surface area contributed by atoms with Crippen LogP contribution in [0.2, 0.25) is 0 Å². The highest BCUT2D eigenvalue weighted by molar-refractivity contribution is 7.98. The first-order chi connectivity index (χ1) is 10.5. The Labute approximate surface area is 131 Å². The molecule has 1 aromatic heterocycles. The summed E-state index contributed by atoms with van der Waals surface area (Å²) in [6.45, 7) is 3.14. The minimum absolute atomic E-state index is 0.414. The zero-order chi connectivity index (χ0) is 16.1. The highest BCUT2D eigenvalue weighted by Crippen LogP contribution is 2.25. The molecule has 2 rings (SSSR count). The average Bonchev–Trinajstić information content (AvgIpc) is 2.90. The first-order valence-electron chi connectivity index (χ1n) is 6.52. The topological polar surface area (TPSA) is 105 Å². The van der Waals surface area contributed by atoms with Crippen molar-refractivity contribution < 1.29 is 19.2 Å². The number of nitrogens with one attached hydrogen (secondary N) is 1. The molecule has 0 aliphatic carbocycles. The predicted molar refractivity (Wildman–Crippen MR) is 79.6 cm³/mol. The Hall–Kier alpha value is -2.35. The van der Waals surface area contributed by atoms with Gasteiger partial charge in [-0.15, -0.1) is 11.8 Å². The van der Waals surface area contributed by atoms with E-state index in [2.05, 4.69) is 15.5 Å². The van der Waals surface area contributed by atoms with Crippen molar-refractivity contribution in [1.82, 2.24) is 15.5 Å². The number of hydrogen-bond donors (Lipinski definition) is 2. The van der Waals surface area contributed by atoms with E-state index >= 15 is 0 Å². The highest BCUT2D eigenvalue weighted by atomic mass is 32.2. The van der Waals surface area contributed by atoms with Crippen molar-refractivity contribution in [3.8, 4) is 0 Å². The number of aromatic nitrogens is 2. The summed E-state index contributed by atoms with van der Waals surface area (Å²) in [6, 6.07) is 6.00. The molecule has 0 aliphatic rings. The van der Waals surface area contributed by atoms with E-state index in [1.165, 1.54) is 18.7 Å². The molecule has 1 atom stereocenters. The van der Waals surface area contributed by atoms with Gasteiger partial charge in [-0.3, -0.25) is 9.59 Å². The van der Waals surface area contributed by atoms with Crippen LogP contribution < -0.4 is 5.32 Å². The minimum atomic E-state index is -1.08. The van der Waals surface area contributed by atoms with Crippen molar-refractivity contribution in [3.05, 3.63) is 41.5 Å². The molecule has 0 saturated heterocycles. The second-order valence-corrected chi connectivity index (χ2v) is 5.57. The van der Waals surface area contributed by atoms with Gasteiger partial charge in [0.1, 0.15) is 6.04 Å². The second-order valence-electron chi connectivity index (χ2n) is 4.55. The fourth-order valence-corrected chi connectivity index (χ4v) is 2.54. The van der Waals surface area contributed by atoms with Gasteiger partial charge in [0.25, 0.3) is 5.91 Å². The molecule has 2 N–H and O–H groups in total. The van der Waals surface area contributed by atoms with E-state index in [4.69, 9.17) is 9.63 Å². The van der Waals surface area contributed by atoms with Crippen LogP contribution in [0.5, 0.6) is 0 Å². The van der Waals surface area contributed by atoms with Crippen LogP contribution in [-0.4, -0.2) is 33.2 Å². The maximum atomic E-state index is 12.2. The third kappa shape index (κ3) is 4.08. The van der Waals surface area contributed by atoms with E-state index in [1.807, 2.05) is 0 Å². The van der Waals surface area contributed by atoms with Crippen molar-refractivity contribution in [2.75, 3.05) is 0 Å². The van der Waals surface area contributed by atoms with Gasteiger partial charge in [0.2, 0.25) is 5.89 Å². The number of aryl methyl sites for hydroxylation is 1. The van der Waals surface area contributed by atoms with E-state index in [0.29, 0.717) is 27.9 Å². The fourth-order valence-electron chi connectivity index (χ4n) is 1.65. The quantitative estimate of drug-likeness (QED) is 0.782. The van der Waals surface area contributed by atoms with Crippen LogP contribution in [0.1, 0.15) is 29.0 Å². The summed E-state index contributed by atoms with van der Waals surface area (Å²) in [5.41, 5.74) is 0.414. The fraction of sp³-hybridized carbons (Fsp3) is 0.286. The normalized spacial score (nSPS) is 11.9. The Balaban J connectivity index is 2.09. The van der Waals surface area contributed by atoms with Gasteiger partial charge < -0.3 is 14.9 Å². The van der Waals surface area contributed by atoms with Crippen LogP contribution in [0.15, 0.2) is 33.7 Å². The second kappa shape index (κ2) is 7.08. The van der Waals surface area contributed by atoms with E-state index in [1.54, 1.807) is 31.2 Å². The molecule has 0 aliphatic heterocycles. The Morgan fingerprint density at radius 1 is 1.41 bits per heavy atom. The van der Waals surface area contributed by atoms with Crippen molar-refractivity contribution in [2.45, 2.75) is 30.5 Å². The molecule has 0 radical (unpaired) electrons. The molecule has 0 bridgehead atoms. The Kier molecular flexibility index (Phi) is 5.16. The SMILES string of the molecule is Cc1noc(CSc2ccccc2C(=O)N[C@@H](C)C(=O)O)n1. The van der Waals surface area contributed by atoms with Crippen LogP contribution in [0.3, 0.4) is 0 Å². The molecule has 0 unspecified atom stereocenters. The third-order valence-electron chi connectivity index (χ3n) is 2.77. The monoisotopic (exact) mass is 321 g/mol. The average molecular weight is 321 g/mol. The van der Waals surface area contributed by atoms with Crippen molar-refractivity contribution >= 4 is 23.6 Å². The van der Waals surface area contributed by atoms with Gasteiger partial charge in [0.05, 0.1) is 11.3 Å². The maximum absolute atomic E-state index is 12.2. The summed E-state index contributed by atoms with van der Waals surface area (Å²) in [5, 5.41) is 15.0. The summed E-state index contributed by atoms with van der Waals surface area (Å²) >= 11 is 1.37. The van der Waals surface area contributed by atoms with Crippen LogP contribution in [0.4, 0.5) is 0 Å². The molecule has 1 aromatic carbocycles. The van der Waals surface area contributed by atoms with E-state index in [9.17, 15) is 9.59 Å². The van der Waals surface area contributed by atoms with Crippen LogP contribution >= 0.6 is 11.8 Å². The van der Waals surface area contributed by atoms with Gasteiger partial charge in [-0.1, -0.05) is 17.3 Å². The largest absolute Gasteiger partial charge is 0.480 e. The summed E-state index contributed by atoms with van der Waals surface area (Å²) in [5.74, 6) is -0.0624. The van der Waals surface area contributed by atoms with Crippen LogP contribution in [-0.2, 0) is 10.5 Å². The Morgan fingerprint density at radius 2 is 2.14 bits per heavy atom.